The molecule has 4 rings (SSSR count). The van der Waals surface area contributed by atoms with Crippen molar-refractivity contribution in [2.45, 2.75) is 13.0 Å². The highest BCUT2D eigenvalue weighted by atomic mass is 19.1. The van der Waals surface area contributed by atoms with Gasteiger partial charge in [-0.05, 0) is 18.2 Å². The van der Waals surface area contributed by atoms with Crippen LogP contribution in [0.2, 0.25) is 0 Å². The van der Waals surface area contributed by atoms with Gasteiger partial charge in [-0.1, -0.05) is 0 Å². The average Bonchev–Trinajstić information content (AvgIpc) is 3.40. The number of quaternary nitrogens is 1. The lowest BCUT2D eigenvalue weighted by Gasteiger charge is -2.24. The molecular weight excluding hydrogens is 411 g/mol. The summed E-state index contributed by atoms with van der Waals surface area (Å²) >= 11 is 0. The number of halogens is 1. The number of anilines is 2. The van der Waals surface area contributed by atoms with Crippen LogP contribution in [-0.2, 0) is 14.3 Å². The summed E-state index contributed by atoms with van der Waals surface area (Å²) in [5.74, 6) is -0.899. The fraction of sp³-hybridized carbons (Fsp3) is 0.550. The van der Waals surface area contributed by atoms with E-state index in [1.54, 1.807) is 17.0 Å². The topological polar surface area (TPSA) is 118 Å². The average molecular weight is 436 g/mol. The minimum absolute atomic E-state index is 0.0687. The molecule has 31 heavy (non-hydrogen) atoms. The molecule has 0 radical (unpaired) electrons. The second kappa shape index (κ2) is 8.40. The SMILES string of the molecule is CC(=O)[NH+]([O-])CC1CN(c2ccc(N3CC4CN(C(=O)CO)C[C@@H]4C3)c(F)c2)C(=O)O1. The number of aliphatic hydroxyl groups is 1. The lowest BCUT2D eigenvalue weighted by Crippen LogP contribution is -3.10. The number of fused-ring (bicyclic) bond motifs is 1. The Morgan fingerprint density at radius 1 is 1.23 bits per heavy atom. The highest BCUT2D eigenvalue weighted by Crippen LogP contribution is 2.36. The van der Waals surface area contributed by atoms with E-state index < -0.39 is 35.6 Å². The Morgan fingerprint density at radius 2 is 1.90 bits per heavy atom. The van der Waals surface area contributed by atoms with Crippen LogP contribution in [0.15, 0.2) is 18.2 Å². The molecule has 3 amide bonds. The van der Waals surface area contributed by atoms with Gasteiger partial charge in [0, 0.05) is 38.0 Å². The number of benzene rings is 1. The third kappa shape index (κ3) is 4.21. The highest BCUT2D eigenvalue weighted by molar-refractivity contribution is 5.90. The van der Waals surface area contributed by atoms with Crippen molar-refractivity contribution in [3.8, 4) is 0 Å². The first-order valence-corrected chi connectivity index (χ1v) is 10.2. The molecule has 10 nitrogen and oxygen atoms in total. The van der Waals surface area contributed by atoms with Crippen molar-refractivity contribution in [2.24, 2.45) is 11.8 Å². The quantitative estimate of drug-likeness (QED) is 0.567. The van der Waals surface area contributed by atoms with Gasteiger partial charge in [0.15, 0.2) is 6.10 Å². The van der Waals surface area contributed by atoms with Crippen LogP contribution < -0.4 is 14.9 Å². The normalized spacial score (nSPS) is 26.3. The van der Waals surface area contributed by atoms with E-state index in [1.807, 2.05) is 4.90 Å². The number of nitrogens with zero attached hydrogens (tertiary/aromatic N) is 3. The van der Waals surface area contributed by atoms with Crippen molar-refractivity contribution in [3.63, 3.8) is 0 Å². The lowest BCUT2D eigenvalue weighted by molar-refractivity contribution is -0.768. The standard InChI is InChI=1S/C20H25FN4O6/c1-12(27)25(30)10-16-9-24(20(29)31-16)15-2-3-18(17(21)4-15)22-5-13-7-23(19(28)11-26)8-14(13)6-22/h2-4,13-14,16,25-26H,5-11H2,1H3/t13-,14?,16?/m0/s1. The van der Waals surface area contributed by atoms with E-state index in [4.69, 9.17) is 9.84 Å². The lowest BCUT2D eigenvalue weighted by atomic mass is 10.0. The van der Waals surface area contributed by atoms with Crippen molar-refractivity contribution in [2.75, 3.05) is 55.7 Å². The first kappa shape index (κ1) is 21.5. The monoisotopic (exact) mass is 436 g/mol. The minimum atomic E-state index is -0.742. The Morgan fingerprint density at radius 3 is 2.48 bits per heavy atom. The van der Waals surface area contributed by atoms with Crippen molar-refractivity contribution in [3.05, 3.63) is 29.2 Å². The molecule has 0 spiro atoms. The number of nitrogens with one attached hydrogen (secondary N) is 1. The zero-order valence-electron chi connectivity index (χ0n) is 17.1. The predicted molar refractivity (Wildman–Crippen MR) is 107 cm³/mol. The molecule has 3 heterocycles. The fourth-order valence-corrected chi connectivity index (χ4v) is 4.60. The Hall–Kier alpha value is -2.76. The Labute approximate surface area is 178 Å². The summed E-state index contributed by atoms with van der Waals surface area (Å²) in [5, 5.41) is 20.0. The van der Waals surface area contributed by atoms with Crippen molar-refractivity contribution in [1.29, 1.82) is 0 Å². The molecule has 2 N–H and O–H groups in total. The summed E-state index contributed by atoms with van der Waals surface area (Å²) in [6, 6.07) is 4.51. The van der Waals surface area contributed by atoms with Gasteiger partial charge in [-0.25, -0.2) is 14.0 Å². The molecular formula is C20H25FN4O6. The van der Waals surface area contributed by atoms with Crippen molar-refractivity contribution in [1.82, 2.24) is 4.90 Å². The number of likely N-dealkylation sites (tertiary alicyclic amines) is 1. The van der Waals surface area contributed by atoms with E-state index in [-0.39, 0.29) is 30.8 Å². The van der Waals surface area contributed by atoms with Crippen LogP contribution >= 0.6 is 0 Å². The van der Waals surface area contributed by atoms with Gasteiger partial charge >= 0.3 is 12.0 Å². The first-order valence-electron chi connectivity index (χ1n) is 10.2. The van der Waals surface area contributed by atoms with Crippen molar-refractivity contribution >= 4 is 29.3 Å². The molecule has 11 heteroatoms. The largest absolute Gasteiger partial charge is 0.627 e. The number of rotatable bonds is 5. The van der Waals surface area contributed by atoms with E-state index >= 15 is 0 Å². The van der Waals surface area contributed by atoms with Gasteiger partial charge in [0.25, 0.3) is 0 Å². The zero-order valence-corrected chi connectivity index (χ0v) is 17.1. The van der Waals surface area contributed by atoms with Crippen molar-refractivity contribution < 1.29 is 33.7 Å². The van der Waals surface area contributed by atoms with Gasteiger partial charge in [0.1, 0.15) is 19.0 Å². The molecule has 3 aliphatic heterocycles. The van der Waals surface area contributed by atoms with E-state index in [0.717, 1.165) is 0 Å². The number of carbonyl (C=O) groups is 3. The number of amides is 3. The third-order valence-corrected chi connectivity index (χ3v) is 6.24. The molecule has 3 saturated heterocycles. The van der Waals surface area contributed by atoms with Crippen LogP contribution in [0, 0.1) is 22.9 Å². The Kier molecular flexibility index (Phi) is 5.82. The molecule has 3 fully saturated rings. The van der Waals surface area contributed by atoms with Gasteiger partial charge in [0.05, 0.1) is 24.8 Å². The second-order valence-corrected chi connectivity index (χ2v) is 8.32. The molecule has 4 atom stereocenters. The number of hydroxylamine groups is 2. The van der Waals surface area contributed by atoms with Crippen LogP contribution in [0.25, 0.3) is 0 Å². The van der Waals surface area contributed by atoms with Gasteiger partial charge in [-0.3, -0.25) is 9.69 Å². The maximum Gasteiger partial charge on any atom is 0.414 e. The van der Waals surface area contributed by atoms with Gasteiger partial charge in [0.2, 0.25) is 5.91 Å². The summed E-state index contributed by atoms with van der Waals surface area (Å²) < 4.78 is 20.1. The van der Waals surface area contributed by atoms with Crippen LogP contribution in [0.4, 0.5) is 20.6 Å². The molecule has 0 bridgehead atoms. The predicted octanol–water partition coefficient (Wildman–Crippen LogP) is -1.03. The zero-order chi connectivity index (χ0) is 22.3. The number of ether oxygens (including phenoxy) is 1. The van der Waals surface area contributed by atoms with Crippen LogP contribution in [0.5, 0.6) is 0 Å². The maximum atomic E-state index is 14.9. The van der Waals surface area contributed by atoms with E-state index in [0.29, 0.717) is 37.6 Å². The van der Waals surface area contributed by atoms with Crippen LogP contribution in [-0.4, -0.2) is 79.9 Å². The maximum absolute atomic E-state index is 14.9. The Bertz CT molecular complexity index is 884. The van der Waals surface area contributed by atoms with E-state index in [2.05, 4.69) is 0 Å². The van der Waals surface area contributed by atoms with E-state index in [1.165, 1.54) is 17.9 Å². The third-order valence-electron chi connectivity index (χ3n) is 6.24. The molecule has 0 saturated carbocycles. The Balaban J connectivity index is 1.40. The molecule has 0 aliphatic carbocycles. The van der Waals surface area contributed by atoms with Gasteiger partial charge in [-0.2, -0.15) is 0 Å². The van der Waals surface area contributed by atoms with Gasteiger partial charge in [-0.15, -0.1) is 0 Å². The summed E-state index contributed by atoms with van der Waals surface area (Å²) in [4.78, 5) is 39.8. The highest BCUT2D eigenvalue weighted by Gasteiger charge is 2.42. The van der Waals surface area contributed by atoms with Gasteiger partial charge < -0.3 is 29.9 Å². The number of hydrogen-bond donors (Lipinski definition) is 2. The first-order chi connectivity index (χ1) is 14.8. The summed E-state index contributed by atoms with van der Waals surface area (Å²) in [7, 11) is 0. The molecule has 0 aromatic heterocycles. The summed E-state index contributed by atoms with van der Waals surface area (Å²) in [5.41, 5.74) is 0.747. The number of aliphatic hydroxyl groups excluding tert-OH is 1. The van der Waals surface area contributed by atoms with Crippen LogP contribution in [0.1, 0.15) is 6.92 Å². The molecule has 3 aliphatic rings. The number of hydrogen-bond acceptors (Lipinski definition) is 7. The molecule has 168 valence electrons. The second-order valence-electron chi connectivity index (χ2n) is 8.32. The molecule has 1 aromatic carbocycles. The van der Waals surface area contributed by atoms with Crippen LogP contribution in [0.3, 0.4) is 0 Å². The number of carbonyl (C=O) groups excluding carboxylic acids is 3. The smallest absolute Gasteiger partial charge is 0.414 e. The summed E-state index contributed by atoms with van der Waals surface area (Å²) in [6.07, 6.45) is -1.42. The number of cyclic esters (lactones) is 1. The minimum Gasteiger partial charge on any atom is -0.627 e. The summed E-state index contributed by atoms with van der Waals surface area (Å²) in [6.45, 7) is 2.87. The fourth-order valence-electron chi connectivity index (χ4n) is 4.60. The van der Waals surface area contributed by atoms with E-state index in [9.17, 15) is 24.0 Å². The molecule has 1 aromatic rings. The molecule has 3 unspecified atom stereocenters.